The maximum absolute atomic E-state index is 13.0. The van der Waals surface area contributed by atoms with Gasteiger partial charge in [-0.05, 0) is 43.3 Å². The van der Waals surface area contributed by atoms with E-state index in [1.54, 1.807) is 30.0 Å². The van der Waals surface area contributed by atoms with E-state index in [2.05, 4.69) is 4.98 Å². The van der Waals surface area contributed by atoms with Gasteiger partial charge in [-0.15, -0.1) is 0 Å². The highest BCUT2D eigenvalue weighted by Gasteiger charge is 2.35. The monoisotopic (exact) mass is 375 g/mol. The first-order chi connectivity index (χ1) is 13.6. The first kappa shape index (κ1) is 18.0. The van der Waals surface area contributed by atoms with E-state index in [-0.39, 0.29) is 11.8 Å². The van der Waals surface area contributed by atoms with Crippen LogP contribution in [0.25, 0.3) is 10.9 Å². The van der Waals surface area contributed by atoms with Gasteiger partial charge < -0.3 is 14.5 Å². The third-order valence-electron chi connectivity index (χ3n) is 5.14. The lowest BCUT2D eigenvalue weighted by atomic mass is 10.1. The van der Waals surface area contributed by atoms with Gasteiger partial charge in [-0.3, -0.25) is 14.6 Å². The fourth-order valence-electron chi connectivity index (χ4n) is 3.52. The van der Waals surface area contributed by atoms with E-state index in [9.17, 15) is 9.59 Å². The Morgan fingerprint density at radius 3 is 2.61 bits per heavy atom. The molecule has 1 atom stereocenters. The third-order valence-corrected chi connectivity index (χ3v) is 5.14. The molecular weight excluding hydrogens is 354 g/mol. The number of piperazine rings is 1. The molecule has 2 heterocycles. The van der Waals surface area contributed by atoms with Crippen molar-refractivity contribution in [3.8, 4) is 5.75 Å². The molecule has 28 heavy (non-hydrogen) atoms. The molecule has 2 amide bonds. The number of amides is 2. The summed E-state index contributed by atoms with van der Waals surface area (Å²) in [6.45, 7) is 2.68. The van der Waals surface area contributed by atoms with Gasteiger partial charge in [-0.25, -0.2) is 0 Å². The standard InChI is InChI=1S/C22H21N3O3/c1-15-21(26)25(18-7-9-19(28-2)10-8-18)12-11-24(15)22(27)17-13-16-5-3-4-6-20(16)23-14-17/h3-10,13-15H,11-12H2,1-2H3/t15-/m0/s1. The number of hydrogen-bond donors (Lipinski definition) is 0. The van der Waals surface area contributed by atoms with E-state index in [1.807, 2.05) is 54.6 Å². The highest BCUT2D eigenvalue weighted by molar-refractivity contribution is 6.04. The largest absolute Gasteiger partial charge is 0.497 e. The first-order valence-corrected chi connectivity index (χ1v) is 9.19. The van der Waals surface area contributed by atoms with Gasteiger partial charge in [0, 0.05) is 30.4 Å². The molecule has 1 aromatic heterocycles. The Morgan fingerprint density at radius 2 is 1.86 bits per heavy atom. The minimum Gasteiger partial charge on any atom is -0.497 e. The molecule has 2 aromatic carbocycles. The van der Waals surface area contributed by atoms with Crippen LogP contribution in [0.4, 0.5) is 5.69 Å². The van der Waals surface area contributed by atoms with Gasteiger partial charge in [0.25, 0.3) is 5.91 Å². The predicted octanol–water partition coefficient (Wildman–Crippen LogP) is 3.12. The Balaban J connectivity index is 1.54. The number of carbonyl (C=O) groups excluding carboxylic acids is 2. The molecule has 4 rings (SSSR count). The number of methoxy groups -OCH3 is 1. The van der Waals surface area contributed by atoms with Gasteiger partial charge >= 0.3 is 0 Å². The predicted molar refractivity (Wildman–Crippen MR) is 108 cm³/mol. The van der Waals surface area contributed by atoms with Gasteiger partial charge in [-0.1, -0.05) is 18.2 Å². The number of benzene rings is 2. The highest BCUT2D eigenvalue weighted by atomic mass is 16.5. The lowest BCUT2D eigenvalue weighted by molar-refractivity contribution is -0.124. The molecule has 1 aliphatic heterocycles. The van der Waals surface area contributed by atoms with Crippen molar-refractivity contribution in [2.75, 3.05) is 25.1 Å². The van der Waals surface area contributed by atoms with Crippen molar-refractivity contribution >= 4 is 28.4 Å². The van der Waals surface area contributed by atoms with E-state index in [4.69, 9.17) is 4.74 Å². The molecular formula is C22H21N3O3. The fraction of sp³-hybridized carbons (Fsp3) is 0.227. The summed E-state index contributed by atoms with van der Waals surface area (Å²) in [6.07, 6.45) is 1.58. The lowest BCUT2D eigenvalue weighted by Crippen LogP contribution is -2.57. The Morgan fingerprint density at radius 1 is 1.11 bits per heavy atom. The van der Waals surface area contributed by atoms with E-state index >= 15 is 0 Å². The maximum Gasteiger partial charge on any atom is 0.256 e. The number of hydrogen-bond acceptors (Lipinski definition) is 4. The number of ether oxygens (including phenoxy) is 1. The fourth-order valence-corrected chi connectivity index (χ4v) is 3.52. The second-order valence-electron chi connectivity index (χ2n) is 6.78. The van der Waals surface area contributed by atoms with Crippen LogP contribution < -0.4 is 9.64 Å². The van der Waals surface area contributed by atoms with Gasteiger partial charge in [-0.2, -0.15) is 0 Å². The number of aromatic nitrogens is 1. The number of para-hydroxylation sites is 1. The van der Waals surface area contributed by atoms with Crippen LogP contribution in [-0.2, 0) is 4.79 Å². The summed E-state index contributed by atoms with van der Waals surface area (Å²) < 4.78 is 5.17. The Bertz CT molecular complexity index is 1030. The van der Waals surface area contributed by atoms with Crippen LogP contribution in [0.15, 0.2) is 60.8 Å². The molecule has 0 N–H and O–H groups in total. The van der Waals surface area contributed by atoms with Crippen LogP contribution in [0.3, 0.4) is 0 Å². The van der Waals surface area contributed by atoms with Crippen molar-refractivity contribution in [3.05, 3.63) is 66.4 Å². The number of anilines is 1. The number of rotatable bonds is 3. The van der Waals surface area contributed by atoms with Crippen molar-refractivity contribution in [2.45, 2.75) is 13.0 Å². The van der Waals surface area contributed by atoms with Crippen molar-refractivity contribution < 1.29 is 14.3 Å². The molecule has 6 heteroatoms. The molecule has 0 spiro atoms. The average molecular weight is 375 g/mol. The van der Waals surface area contributed by atoms with Crippen LogP contribution in [0, 0.1) is 0 Å². The second-order valence-corrected chi connectivity index (χ2v) is 6.78. The summed E-state index contributed by atoms with van der Waals surface area (Å²) in [4.78, 5) is 33.6. The number of nitrogens with zero attached hydrogens (tertiary/aromatic N) is 3. The molecule has 1 fully saturated rings. The second kappa shape index (κ2) is 7.31. The van der Waals surface area contributed by atoms with Crippen molar-refractivity contribution in [1.29, 1.82) is 0 Å². The van der Waals surface area contributed by atoms with E-state index in [0.717, 1.165) is 22.3 Å². The Labute approximate surface area is 163 Å². The van der Waals surface area contributed by atoms with Crippen LogP contribution in [0.2, 0.25) is 0 Å². The highest BCUT2D eigenvalue weighted by Crippen LogP contribution is 2.24. The average Bonchev–Trinajstić information content (AvgIpc) is 2.75. The van der Waals surface area contributed by atoms with Gasteiger partial charge in [0.05, 0.1) is 18.2 Å². The normalized spacial score (nSPS) is 17.1. The molecule has 3 aromatic rings. The van der Waals surface area contributed by atoms with Crippen LogP contribution in [-0.4, -0.2) is 47.9 Å². The van der Waals surface area contributed by atoms with Crippen molar-refractivity contribution in [2.24, 2.45) is 0 Å². The zero-order chi connectivity index (χ0) is 19.7. The summed E-state index contributed by atoms with van der Waals surface area (Å²) in [6, 6.07) is 16.3. The molecule has 0 bridgehead atoms. The van der Waals surface area contributed by atoms with E-state index in [1.165, 1.54) is 0 Å². The number of pyridine rings is 1. The van der Waals surface area contributed by atoms with Crippen LogP contribution in [0.1, 0.15) is 17.3 Å². The quantitative estimate of drug-likeness (QED) is 0.706. The van der Waals surface area contributed by atoms with Crippen molar-refractivity contribution in [1.82, 2.24) is 9.88 Å². The molecule has 0 unspecified atom stereocenters. The molecule has 0 aliphatic carbocycles. The molecule has 1 aliphatic rings. The smallest absolute Gasteiger partial charge is 0.256 e. The Hall–Kier alpha value is -3.41. The van der Waals surface area contributed by atoms with Crippen LogP contribution in [0.5, 0.6) is 5.75 Å². The van der Waals surface area contributed by atoms with Crippen LogP contribution >= 0.6 is 0 Å². The zero-order valence-electron chi connectivity index (χ0n) is 15.8. The maximum atomic E-state index is 13.0. The van der Waals surface area contributed by atoms with Crippen molar-refractivity contribution in [3.63, 3.8) is 0 Å². The molecule has 6 nitrogen and oxygen atoms in total. The lowest BCUT2D eigenvalue weighted by Gasteiger charge is -2.39. The molecule has 142 valence electrons. The minimum atomic E-state index is -0.546. The summed E-state index contributed by atoms with van der Waals surface area (Å²) >= 11 is 0. The third kappa shape index (κ3) is 3.17. The van der Waals surface area contributed by atoms with Gasteiger partial charge in [0.15, 0.2) is 0 Å². The molecule has 0 saturated carbocycles. The van der Waals surface area contributed by atoms with Gasteiger partial charge in [0.1, 0.15) is 11.8 Å². The summed E-state index contributed by atoms with van der Waals surface area (Å²) in [5.41, 5.74) is 2.14. The molecule has 0 radical (unpaired) electrons. The van der Waals surface area contributed by atoms with Gasteiger partial charge in [0.2, 0.25) is 5.91 Å². The van der Waals surface area contributed by atoms with E-state index < -0.39 is 6.04 Å². The Kier molecular flexibility index (Phi) is 4.69. The summed E-state index contributed by atoms with van der Waals surface area (Å²) in [5.74, 6) is 0.467. The minimum absolute atomic E-state index is 0.0986. The summed E-state index contributed by atoms with van der Waals surface area (Å²) in [5, 5.41) is 0.907. The topological polar surface area (TPSA) is 62.7 Å². The first-order valence-electron chi connectivity index (χ1n) is 9.19. The zero-order valence-corrected chi connectivity index (χ0v) is 15.8. The SMILES string of the molecule is COc1ccc(N2CCN(C(=O)c3cnc4ccccc4c3)[C@@H](C)C2=O)cc1. The number of carbonyl (C=O) groups is 2. The number of fused-ring (bicyclic) bond motifs is 1. The summed E-state index contributed by atoms with van der Waals surface area (Å²) in [7, 11) is 1.61. The molecule has 1 saturated heterocycles. The van der Waals surface area contributed by atoms with E-state index in [0.29, 0.717) is 18.7 Å².